The molecular formula is C18H27N3O3. The second-order valence-corrected chi connectivity index (χ2v) is 6.65. The van der Waals surface area contributed by atoms with Crippen LogP contribution >= 0.6 is 0 Å². The van der Waals surface area contributed by atoms with Crippen LogP contribution < -0.4 is 21.1 Å². The molecule has 2 atom stereocenters. The minimum Gasteiger partial charge on any atom is -0.492 e. The molecule has 0 heterocycles. The number of hydrogen-bond donors (Lipinski definition) is 3. The topological polar surface area (TPSA) is 93.5 Å². The molecule has 2 unspecified atom stereocenters. The van der Waals surface area contributed by atoms with Gasteiger partial charge in [-0.1, -0.05) is 18.9 Å². The molecule has 1 aromatic rings. The van der Waals surface area contributed by atoms with Gasteiger partial charge in [0.2, 0.25) is 11.8 Å². The molecule has 1 saturated carbocycles. The van der Waals surface area contributed by atoms with Gasteiger partial charge in [-0.3, -0.25) is 9.59 Å². The van der Waals surface area contributed by atoms with Crippen LogP contribution in [0.4, 0.5) is 5.69 Å². The van der Waals surface area contributed by atoms with Crippen molar-refractivity contribution in [1.82, 2.24) is 5.32 Å². The first kappa shape index (κ1) is 18.3. The van der Waals surface area contributed by atoms with Crippen LogP contribution in [-0.4, -0.2) is 30.5 Å². The molecule has 0 saturated heterocycles. The molecule has 0 bridgehead atoms. The summed E-state index contributed by atoms with van der Waals surface area (Å²) in [7, 11) is 0. The Kier molecular flexibility index (Phi) is 6.20. The average Bonchev–Trinajstić information content (AvgIpc) is 2.50. The van der Waals surface area contributed by atoms with Crippen LogP contribution in [0.15, 0.2) is 24.3 Å². The first-order valence-corrected chi connectivity index (χ1v) is 8.45. The predicted molar refractivity (Wildman–Crippen MR) is 93.8 cm³/mol. The number of ether oxygens (including phenoxy) is 1. The third-order valence-electron chi connectivity index (χ3n) is 4.40. The van der Waals surface area contributed by atoms with Crippen molar-refractivity contribution in [3.63, 3.8) is 0 Å². The number of amides is 2. The number of nitrogens with one attached hydrogen (secondary N) is 2. The van der Waals surface area contributed by atoms with Crippen molar-refractivity contribution in [3.05, 3.63) is 24.3 Å². The second-order valence-electron chi connectivity index (χ2n) is 6.65. The fraction of sp³-hybridized carbons (Fsp3) is 0.556. The van der Waals surface area contributed by atoms with E-state index in [-0.39, 0.29) is 17.7 Å². The molecule has 1 aliphatic carbocycles. The van der Waals surface area contributed by atoms with E-state index < -0.39 is 5.54 Å². The molecule has 2 rings (SSSR count). The standard InChI is InChI=1S/C18H27N3O3/c1-13(22)21-14-6-5-7-15(12-14)24-11-10-20-17(23)16-8-3-4-9-18(16,2)19/h5-7,12,16H,3-4,8-11,19H2,1-2H3,(H,20,23)(H,21,22). The Hall–Kier alpha value is -2.08. The summed E-state index contributed by atoms with van der Waals surface area (Å²) in [6.07, 6.45) is 3.87. The van der Waals surface area contributed by atoms with E-state index in [4.69, 9.17) is 10.5 Å². The normalized spacial score (nSPS) is 23.4. The van der Waals surface area contributed by atoms with Crippen molar-refractivity contribution >= 4 is 17.5 Å². The number of nitrogens with two attached hydrogens (primary N) is 1. The largest absolute Gasteiger partial charge is 0.492 e. The van der Waals surface area contributed by atoms with Crippen molar-refractivity contribution in [3.8, 4) is 5.75 Å². The quantitative estimate of drug-likeness (QED) is 0.695. The van der Waals surface area contributed by atoms with Gasteiger partial charge in [0.05, 0.1) is 12.5 Å². The maximum absolute atomic E-state index is 12.3. The van der Waals surface area contributed by atoms with E-state index in [0.717, 1.165) is 25.7 Å². The van der Waals surface area contributed by atoms with Crippen molar-refractivity contribution in [1.29, 1.82) is 0 Å². The highest BCUT2D eigenvalue weighted by Crippen LogP contribution is 2.31. The third-order valence-corrected chi connectivity index (χ3v) is 4.40. The number of rotatable bonds is 6. The Balaban J connectivity index is 1.76. The fourth-order valence-electron chi connectivity index (χ4n) is 3.12. The van der Waals surface area contributed by atoms with Crippen LogP contribution in [0.1, 0.15) is 39.5 Å². The maximum atomic E-state index is 12.3. The summed E-state index contributed by atoms with van der Waals surface area (Å²) in [6, 6.07) is 7.16. The molecule has 132 valence electrons. The third kappa shape index (κ3) is 5.23. The monoisotopic (exact) mass is 333 g/mol. The lowest BCUT2D eigenvalue weighted by Crippen LogP contribution is -2.53. The molecular weight excluding hydrogens is 306 g/mol. The summed E-state index contributed by atoms with van der Waals surface area (Å²) < 4.78 is 5.62. The molecule has 2 amide bonds. The number of carbonyl (C=O) groups excluding carboxylic acids is 2. The minimum atomic E-state index is -0.421. The number of hydrogen-bond acceptors (Lipinski definition) is 4. The molecule has 1 fully saturated rings. The van der Waals surface area contributed by atoms with Crippen molar-refractivity contribution in [2.75, 3.05) is 18.5 Å². The van der Waals surface area contributed by atoms with Gasteiger partial charge in [0.15, 0.2) is 0 Å². The zero-order chi connectivity index (χ0) is 17.6. The van der Waals surface area contributed by atoms with E-state index in [0.29, 0.717) is 24.6 Å². The molecule has 0 spiro atoms. The molecule has 0 aliphatic heterocycles. The summed E-state index contributed by atoms with van der Waals surface area (Å²) in [5, 5.41) is 5.61. The smallest absolute Gasteiger partial charge is 0.225 e. The second kappa shape index (κ2) is 8.15. The molecule has 6 nitrogen and oxygen atoms in total. The summed E-state index contributed by atoms with van der Waals surface area (Å²) in [4.78, 5) is 23.4. The fourth-order valence-corrected chi connectivity index (χ4v) is 3.12. The molecule has 0 radical (unpaired) electrons. The predicted octanol–water partition coefficient (Wildman–Crippen LogP) is 2.05. The van der Waals surface area contributed by atoms with Gasteiger partial charge in [-0.2, -0.15) is 0 Å². The Morgan fingerprint density at radius 1 is 1.38 bits per heavy atom. The molecule has 1 aromatic carbocycles. The SMILES string of the molecule is CC(=O)Nc1cccc(OCCNC(=O)C2CCCCC2(C)N)c1. The van der Waals surface area contributed by atoms with Gasteiger partial charge in [0, 0.05) is 24.2 Å². The highest BCUT2D eigenvalue weighted by atomic mass is 16.5. The minimum absolute atomic E-state index is 0.00953. The van der Waals surface area contributed by atoms with Gasteiger partial charge >= 0.3 is 0 Å². The van der Waals surface area contributed by atoms with E-state index in [1.807, 2.05) is 13.0 Å². The molecule has 0 aromatic heterocycles. The van der Waals surface area contributed by atoms with Gasteiger partial charge in [-0.05, 0) is 31.9 Å². The highest BCUT2D eigenvalue weighted by Gasteiger charge is 2.37. The average molecular weight is 333 g/mol. The van der Waals surface area contributed by atoms with Crippen LogP contribution in [0.5, 0.6) is 5.75 Å². The Morgan fingerprint density at radius 2 is 2.17 bits per heavy atom. The van der Waals surface area contributed by atoms with E-state index >= 15 is 0 Å². The Morgan fingerprint density at radius 3 is 2.88 bits per heavy atom. The van der Waals surface area contributed by atoms with E-state index in [9.17, 15) is 9.59 Å². The van der Waals surface area contributed by atoms with Crippen molar-refractivity contribution in [2.24, 2.45) is 11.7 Å². The van der Waals surface area contributed by atoms with Gasteiger partial charge in [0.25, 0.3) is 0 Å². The number of anilines is 1. The van der Waals surface area contributed by atoms with E-state index in [1.54, 1.807) is 18.2 Å². The van der Waals surface area contributed by atoms with Gasteiger partial charge in [-0.15, -0.1) is 0 Å². The Labute approximate surface area is 143 Å². The highest BCUT2D eigenvalue weighted by molar-refractivity contribution is 5.88. The lowest BCUT2D eigenvalue weighted by atomic mass is 9.74. The molecule has 1 aliphatic rings. The number of benzene rings is 1. The van der Waals surface area contributed by atoms with Crippen molar-refractivity contribution in [2.45, 2.75) is 45.1 Å². The maximum Gasteiger partial charge on any atom is 0.225 e. The van der Waals surface area contributed by atoms with Crippen LogP contribution in [-0.2, 0) is 9.59 Å². The summed E-state index contributed by atoms with van der Waals surface area (Å²) in [6.45, 7) is 4.21. The van der Waals surface area contributed by atoms with Gasteiger partial charge in [0.1, 0.15) is 12.4 Å². The van der Waals surface area contributed by atoms with Crippen molar-refractivity contribution < 1.29 is 14.3 Å². The summed E-state index contributed by atoms with van der Waals surface area (Å²) in [5.74, 6) is 0.401. The van der Waals surface area contributed by atoms with E-state index in [2.05, 4.69) is 10.6 Å². The first-order valence-electron chi connectivity index (χ1n) is 8.45. The number of carbonyl (C=O) groups is 2. The summed E-state index contributed by atoms with van der Waals surface area (Å²) >= 11 is 0. The van der Waals surface area contributed by atoms with Crippen LogP contribution in [0.25, 0.3) is 0 Å². The lowest BCUT2D eigenvalue weighted by molar-refractivity contribution is -0.128. The van der Waals surface area contributed by atoms with E-state index in [1.165, 1.54) is 6.92 Å². The molecule has 6 heteroatoms. The lowest BCUT2D eigenvalue weighted by Gasteiger charge is -2.37. The zero-order valence-electron chi connectivity index (χ0n) is 14.4. The first-order chi connectivity index (χ1) is 11.4. The Bertz CT molecular complexity index is 587. The molecule has 24 heavy (non-hydrogen) atoms. The zero-order valence-corrected chi connectivity index (χ0v) is 14.4. The van der Waals surface area contributed by atoms with Gasteiger partial charge < -0.3 is 21.1 Å². The molecule has 4 N–H and O–H groups in total. The van der Waals surface area contributed by atoms with Gasteiger partial charge in [-0.25, -0.2) is 0 Å². The van der Waals surface area contributed by atoms with Crippen LogP contribution in [0, 0.1) is 5.92 Å². The van der Waals surface area contributed by atoms with Crippen LogP contribution in [0.2, 0.25) is 0 Å². The van der Waals surface area contributed by atoms with Crippen LogP contribution in [0.3, 0.4) is 0 Å². The summed E-state index contributed by atoms with van der Waals surface area (Å²) in [5.41, 5.74) is 6.51.